The molecule has 90 valence electrons. The standard InChI is InChI=1S/C12H15N3S2/c1-2-5-16-9(3-1)7-13-11-10-4-6-17-12(10)15-8-14-11/h4,6,8-9H,1-3,5,7H2,(H,13,14,15). The summed E-state index contributed by atoms with van der Waals surface area (Å²) in [6.07, 6.45) is 5.73. The van der Waals surface area contributed by atoms with Crippen LogP contribution in [0.5, 0.6) is 0 Å². The van der Waals surface area contributed by atoms with Gasteiger partial charge in [-0.3, -0.25) is 0 Å². The lowest BCUT2D eigenvalue weighted by Crippen LogP contribution is -2.20. The fourth-order valence-corrected chi connectivity index (χ4v) is 4.08. The summed E-state index contributed by atoms with van der Waals surface area (Å²) in [5, 5.41) is 7.44. The van der Waals surface area contributed by atoms with Crippen molar-refractivity contribution in [2.75, 3.05) is 17.6 Å². The van der Waals surface area contributed by atoms with Crippen LogP contribution in [0, 0.1) is 0 Å². The number of hydrogen-bond donors (Lipinski definition) is 1. The molecule has 0 aliphatic carbocycles. The molecule has 0 spiro atoms. The van der Waals surface area contributed by atoms with Crippen LogP contribution in [-0.4, -0.2) is 27.5 Å². The molecule has 1 aliphatic rings. The Morgan fingerprint density at radius 2 is 2.35 bits per heavy atom. The van der Waals surface area contributed by atoms with Gasteiger partial charge in [-0.15, -0.1) is 11.3 Å². The number of aromatic nitrogens is 2. The molecule has 0 bridgehead atoms. The Labute approximate surface area is 109 Å². The van der Waals surface area contributed by atoms with E-state index >= 15 is 0 Å². The smallest absolute Gasteiger partial charge is 0.138 e. The number of nitrogens with one attached hydrogen (secondary N) is 1. The zero-order chi connectivity index (χ0) is 11.5. The second-order valence-corrected chi connectivity index (χ2v) is 6.53. The normalized spacial score (nSPS) is 20.6. The minimum Gasteiger partial charge on any atom is -0.368 e. The molecule has 0 radical (unpaired) electrons. The van der Waals surface area contributed by atoms with Gasteiger partial charge in [-0.05, 0) is 30.0 Å². The van der Waals surface area contributed by atoms with Crippen molar-refractivity contribution in [1.29, 1.82) is 0 Å². The van der Waals surface area contributed by atoms with Crippen molar-refractivity contribution in [3.8, 4) is 0 Å². The van der Waals surface area contributed by atoms with E-state index < -0.39 is 0 Å². The van der Waals surface area contributed by atoms with Crippen LogP contribution < -0.4 is 5.32 Å². The lowest BCUT2D eigenvalue weighted by Gasteiger charge is -2.21. The zero-order valence-electron chi connectivity index (χ0n) is 9.56. The molecule has 1 atom stereocenters. The Hall–Kier alpha value is -0.810. The van der Waals surface area contributed by atoms with Crippen LogP contribution in [0.1, 0.15) is 19.3 Å². The SMILES string of the molecule is c1nc(NCC2CCCCS2)c2ccsc2n1. The second-order valence-electron chi connectivity index (χ2n) is 4.23. The summed E-state index contributed by atoms with van der Waals surface area (Å²) in [6, 6.07) is 2.09. The summed E-state index contributed by atoms with van der Waals surface area (Å²) >= 11 is 3.75. The molecule has 1 fully saturated rings. The predicted molar refractivity (Wildman–Crippen MR) is 76.0 cm³/mol. The third kappa shape index (κ3) is 2.55. The molecular formula is C12H15N3S2. The topological polar surface area (TPSA) is 37.8 Å². The van der Waals surface area contributed by atoms with Crippen molar-refractivity contribution in [1.82, 2.24) is 9.97 Å². The van der Waals surface area contributed by atoms with E-state index in [0.29, 0.717) is 0 Å². The van der Waals surface area contributed by atoms with Crippen LogP contribution >= 0.6 is 23.1 Å². The van der Waals surface area contributed by atoms with E-state index in [1.807, 2.05) is 0 Å². The van der Waals surface area contributed by atoms with Gasteiger partial charge in [0.2, 0.25) is 0 Å². The number of thioether (sulfide) groups is 1. The van der Waals surface area contributed by atoms with E-state index in [1.54, 1.807) is 17.7 Å². The first kappa shape index (κ1) is 11.3. The van der Waals surface area contributed by atoms with E-state index in [4.69, 9.17) is 0 Å². The minimum atomic E-state index is 0.743. The summed E-state index contributed by atoms with van der Waals surface area (Å²) in [7, 11) is 0. The van der Waals surface area contributed by atoms with Crippen LogP contribution in [-0.2, 0) is 0 Å². The van der Waals surface area contributed by atoms with Gasteiger partial charge < -0.3 is 5.32 Å². The number of hydrogen-bond acceptors (Lipinski definition) is 5. The average Bonchev–Trinajstić information content (AvgIpc) is 2.86. The van der Waals surface area contributed by atoms with Crippen LogP contribution in [0.2, 0.25) is 0 Å². The molecule has 0 aromatic carbocycles. The number of fused-ring (bicyclic) bond motifs is 1. The van der Waals surface area contributed by atoms with Crippen LogP contribution in [0.4, 0.5) is 5.82 Å². The highest BCUT2D eigenvalue weighted by molar-refractivity contribution is 7.99. The maximum atomic E-state index is 4.34. The minimum absolute atomic E-state index is 0.743. The maximum Gasteiger partial charge on any atom is 0.138 e. The van der Waals surface area contributed by atoms with E-state index in [9.17, 15) is 0 Å². The van der Waals surface area contributed by atoms with Gasteiger partial charge in [0.15, 0.2) is 0 Å². The molecule has 1 aliphatic heterocycles. The fraction of sp³-hybridized carbons (Fsp3) is 0.500. The lowest BCUT2D eigenvalue weighted by atomic mass is 10.2. The second kappa shape index (κ2) is 5.23. The molecule has 3 nitrogen and oxygen atoms in total. The van der Waals surface area contributed by atoms with Crippen LogP contribution in [0.3, 0.4) is 0 Å². The van der Waals surface area contributed by atoms with E-state index in [2.05, 4.69) is 38.5 Å². The summed E-state index contributed by atoms with van der Waals surface area (Å²) in [5.74, 6) is 2.30. The van der Waals surface area contributed by atoms with Crippen molar-refractivity contribution in [3.05, 3.63) is 17.8 Å². The number of rotatable bonds is 3. The van der Waals surface area contributed by atoms with Crippen molar-refractivity contribution < 1.29 is 0 Å². The van der Waals surface area contributed by atoms with Gasteiger partial charge in [-0.25, -0.2) is 9.97 Å². The van der Waals surface area contributed by atoms with Crippen molar-refractivity contribution in [2.45, 2.75) is 24.5 Å². The quantitative estimate of drug-likeness (QED) is 0.923. The molecule has 3 heterocycles. The fourth-order valence-electron chi connectivity index (χ4n) is 2.11. The Balaban J connectivity index is 1.69. The first-order valence-electron chi connectivity index (χ1n) is 5.97. The molecular weight excluding hydrogens is 250 g/mol. The van der Waals surface area contributed by atoms with Gasteiger partial charge >= 0.3 is 0 Å². The highest BCUT2D eigenvalue weighted by Gasteiger charge is 2.14. The molecule has 17 heavy (non-hydrogen) atoms. The summed E-state index contributed by atoms with van der Waals surface area (Å²) in [4.78, 5) is 9.67. The third-order valence-corrected chi connectivity index (χ3v) is 5.25. The largest absolute Gasteiger partial charge is 0.368 e. The highest BCUT2D eigenvalue weighted by atomic mass is 32.2. The van der Waals surface area contributed by atoms with Crippen molar-refractivity contribution in [2.24, 2.45) is 0 Å². The van der Waals surface area contributed by atoms with Crippen molar-refractivity contribution >= 4 is 39.1 Å². The van der Waals surface area contributed by atoms with Crippen molar-refractivity contribution in [3.63, 3.8) is 0 Å². The zero-order valence-corrected chi connectivity index (χ0v) is 11.2. The first-order chi connectivity index (χ1) is 8.43. The molecule has 0 saturated carbocycles. The Kier molecular flexibility index (Phi) is 3.47. The number of nitrogens with zero attached hydrogens (tertiary/aromatic N) is 2. The Morgan fingerprint density at radius 1 is 1.35 bits per heavy atom. The van der Waals surface area contributed by atoms with Gasteiger partial charge in [0, 0.05) is 11.8 Å². The van der Waals surface area contributed by atoms with Gasteiger partial charge in [0.05, 0.1) is 5.39 Å². The molecule has 5 heteroatoms. The van der Waals surface area contributed by atoms with Gasteiger partial charge in [0.1, 0.15) is 17.0 Å². The molecule has 1 unspecified atom stereocenters. The highest BCUT2D eigenvalue weighted by Crippen LogP contribution is 2.27. The molecule has 1 N–H and O–H groups in total. The maximum absolute atomic E-state index is 4.34. The third-order valence-electron chi connectivity index (χ3n) is 3.03. The Morgan fingerprint density at radius 3 is 3.24 bits per heavy atom. The summed E-state index contributed by atoms with van der Waals surface area (Å²) in [6.45, 7) is 1.02. The van der Waals surface area contributed by atoms with E-state index in [0.717, 1.165) is 27.8 Å². The lowest BCUT2D eigenvalue weighted by molar-refractivity contribution is 0.677. The van der Waals surface area contributed by atoms with E-state index in [1.165, 1.54) is 25.0 Å². The van der Waals surface area contributed by atoms with Gasteiger partial charge in [0.25, 0.3) is 0 Å². The molecule has 0 amide bonds. The van der Waals surface area contributed by atoms with Gasteiger partial charge in [-0.2, -0.15) is 11.8 Å². The average molecular weight is 265 g/mol. The number of anilines is 1. The Bertz CT molecular complexity index is 491. The van der Waals surface area contributed by atoms with E-state index in [-0.39, 0.29) is 0 Å². The predicted octanol–water partition coefficient (Wildman–Crippen LogP) is 3.39. The molecule has 2 aromatic rings. The van der Waals surface area contributed by atoms with Crippen LogP contribution in [0.15, 0.2) is 17.8 Å². The molecule has 1 saturated heterocycles. The van der Waals surface area contributed by atoms with Gasteiger partial charge in [-0.1, -0.05) is 6.42 Å². The summed E-state index contributed by atoms with van der Waals surface area (Å²) in [5.41, 5.74) is 0. The van der Waals surface area contributed by atoms with Crippen LogP contribution in [0.25, 0.3) is 10.2 Å². The monoisotopic (exact) mass is 265 g/mol. The molecule has 3 rings (SSSR count). The first-order valence-corrected chi connectivity index (χ1v) is 7.90. The molecule has 2 aromatic heterocycles. The number of thiophene rings is 1. The summed E-state index contributed by atoms with van der Waals surface area (Å²) < 4.78 is 0.